The minimum absolute atomic E-state index is 0.0227. The van der Waals surface area contributed by atoms with Crippen molar-refractivity contribution in [3.63, 3.8) is 0 Å². The van der Waals surface area contributed by atoms with Crippen LogP contribution in [0.15, 0.2) is 18.2 Å². The Morgan fingerprint density at radius 1 is 1.10 bits per heavy atom. The molecule has 0 aliphatic carbocycles. The molecule has 0 spiro atoms. The van der Waals surface area contributed by atoms with Crippen molar-refractivity contribution >= 4 is 11.8 Å². The van der Waals surface area contributed by atoms with Crippen LogP contribution in [-0.2, 0) is 16.0 Å². The minimum Gasteiger partial charge on any atom is -0.497 e. The molecule has 2 N–H and O–H groups in total. The first-order valence-corrected chi connectivity index (χ1v) is 6.35. The molecule has 0 bridgehead atoms. The molecule has 1 rings (SSSR count). The van der Waals surface area contributed by atoms with Crippen molar-refractivity contribution in [1.29, 1.82) is 0 Å². The first-order valence-electron chi connectivity index (χ1n) is 6.35. The van der Waals surface area contributed by atoms with Crippen molar-refractivity contribution < 1.29 is 19.1 Å². The van der Waals surface area contributed by atoms with Gasteiger partial charge in [-0.15, -0.1) is 0 Å². The number of rotatable bonds is 7. The maximum absolute atomic E-state index is 11.8. The fourth-order valence-corrected chi connectivity index (χ4v) is 1.67. The summed E-state index contributed by atoms with van der Waals surface area (Å²) in [4.78, 5) is 23.0. The maximum atomic E-state index is 11.8. The van der Waals surface area contributed by atoms with Crippen molar-refractivity contribution in [2.45, 2.75) is 13.3 Å². The van der Waals surface area contributed by atoms with Gasteiger partial charge in [0, 0.05) is 18.2 Å². The van der Waals surface area contributed by atoms with Gasteiger partial charge in [-0.1, -0.05) is 6.07 Å². The normalized spacial score (nSPS) is 9.75. The van der Waals surface area contributed by atoms with E-state index in [1.54, 1.807) is 25.3 Å². The number of amides is 2. The third-order valence-electron chi connectivity index (χ3n) is 2.67. The van der Waals surface area contributed by atoms with Gasteiger partial charge in [0.05, 0.1) is 27.2 Å². The Labute approximate surface area is 118 Å². The Balaban J connectivity index is 2.59. The Morgan fingerprint density at radius 3 is 2.45 bits per heavy atom. The number of benzene rings is 1. The topological polar surface area (TPSA) is 76.7 Å². The standard InChI is InChI=1S/C14H20N2O4/c1-4-15-14(18)9-16-13(17)7-10-5-6-11(19-2)8-12(10)20-3/h5-6,8H,4,7,9H2,1-3H3,(H,15,18)(H,16,17). The average Bonchev–Trinajstić information content (AvgIpc) is 2.46. The summed E-state index contributed by atoms with van der Waals surface area (Å²) in [6.45, 7) is 2.34. The Bertz CT molecular complexity index is 474. The molecular weight excluding hydrogens is 260 g/mol. The van der Waals surface area contributed by atoms with Gasteiger partial charge in [0.15, 0.2) is 0 Å². The number of carbonyl (C=O) groups excluding carboxylic acids is 2. The van der Waals surface area contributed by atoms with Gasteiger partial charge in [-0.05, 0) is 13.0 Å². The first kappa shape index (κ1) is 15.8. The predicted molar refractivity (Wildman–Crippen MR) is 74.9 cm³/mol. The second-order valence-electron chi connectivity index (χ2n) is 4.08. The molecule has 6 nitrogen and oxygen atoms in total. The van der Waals surface area contributed by atoms with Crippen LogP contribution in [-0.4, -0.2) is 39.1 Å². The van der Waals surface area contributed by atoms with E-state index in [0.29, 0.717) is 18.0 Å². The highest BCUT2D eigenvalue weighted by atomic mass is 16.5. The predicted octanol–water partition coefficient (Wildman–Crippen LogP) is 0.499. The molecule has 110 valence electrons. The molecule has 0 saturated carbocycles. The fraction of sp³-hybridized carbons (Fsp3) is 0.429. The van der Waals surface area contributed by atoms with Gasteiger partial charge in [-0.2, -0.15) is 0 Å². The lowest BCUT2D eigenvalue weighted by molar-refractivity contribution is -0.125. The Hall–Kier alpha value is -2.24. The fourth-order valence-electron chi connectivity index (χ4n) is 1.67. The molecule has 0 aliphatic rings. The zero-order chi connectivity index (χ0) is 15.0. The van der Waals surface area contributed by atoms with Crippen LogP contribution in [0.3, 0.4) is 0 Å². The van der Waals surface area contributed by atoms with Crippen molar-refractivity contribution in [1.82, 2.24) is 10.6 Å². The molecule has 2 amide bonds. The van der Waals surface area contributed by atoms with Gasteiger partial charge in [-0.25, -0.2) is 0 Å². The maximum Gasteiger partial charge on any atom is 0.239 e. The van der Waals surface area contributed by atoms with E-state index in [4.69, 9.17) is 9.47 Å². The first-order chi connectivity index (χ1) is 9.60. The van der Waals surface area contributed by atoms with Crippen LogP contribution >= 0.6 is 0 Å². The van der Waals surface area contributed by atoms with Gasteiger partial charge in [0.1, 0.15) is 11.5 Å². The smallest absolute Gasteiger partial charge is 0.239 e. The zero-order valence-electron chi connectivity index (χ0n) is 12.0. The van der Waals surface area contributed by atoms with E-state index in [0.717, 1.165) is 5.56 Å². The van der Waals surface area contributed by atoms with Crippen LogP contribution in [0.25, 0.3) is 0 Å². The summed E-state index contributed by atoms with van der Waals surface area (Å²) in [5, 5.41) is 5.17. The lowest BCUT2D eigenvalue weighted by atomic mass is 10.1. The number of hydrogen-bond acceptors (Lipinski definition) is 4. The summed E-state index contributed by atoms with van der Waals surface area (Å²) in [6.07, 6.45) is 0.145. The van der Waals surface area contributed by atoms with Crippen LogP contribution in [0.1, 0.15) is 12.5 Å². The molecule has 6 heteroatoms. The number of nitrogens with one attached hydrogen (secondary N) is 2. The largest absolute Gasteiger partial charge is 0.497 e. The SMILES string of the molecule is CCNC(=O)CNC(=O)Cc1ccc(OC)cc1OC. The summed E-state index contributed by atoms with van der Waals surface area (Å²) in [5.41, 5.74) is 0.738. The molecule has 0 unspecified atom stereocenters. The highest BCUT2D eigenvalue weighted by Crippen LogP contribution is 2.24. The lowest BCUT2D eigenvalue weighted by Gasteiger charge is -2.10. The van der Waals surface area contributed by atoms with Crippen LogP contribution in [0.4, 0.5) is 0 Å². The average molecular weight is 280 g/mol. The molecule has 0 heterocycles. The summed E-state index contributed by atoms with van der Waals surface area (Å²) < 4.78 is 10.3. The second-order valence-corrected chi connectivity index (χ2v) is 4.08. The molecule has 0 aliphatic heterocycles. The van der Waals surface area contributed by atoms with E-state index in [9.17, 15) is 9.59 Å². The number of carbonyl (C=O) groups is 2. The van der Waals surface area contributed by atoms with E-state index in [1.807, 2.05) is 6.92 Å². The van der Waals surface area contributed by atoms with Gasteiger partial charge in [0.25, 0.3) is 0 Å². The third-order valence-corrected chi connectivity index (χ3v) is 2.67. The van der Waals surface area contributed by atoms with Crippen molar-refractivity contribution in [2.24, 2.45) is 0 Å². The highest BCUT2D eigenvalue weighted by Gasteiger charge is 2.10. The third kappa shape index (κ3) is 4.79. The molecule has 0 fully saturated rings. The quantitative estimate of drug-likeness (QED) is 0.762. The highest BCUT2D eigenvalue weighted by molar-refractivity contribution is 5.86. The Kier molecular flexibility index (Phi) is 6.36. The minimum atomic E-state index is -0.236. The summed E-state index contributed by atoms with van der Waals surface area (Å²) >= 11 is 0. The number of methoxy groups -OCH3 is 2. The molecule has 0 atom stereocenters. The monoisotopic (exact) mass is 280 g/mol. The van der Waals surface area contributed by atoms with Gasteiger partial charge in [0.2, 0.25) is 11.8 Å². The second kappa shape index (κ2) is 8.04. The van der Waals surface area contributed by atoms with E-state index in [-0.39, 0.29) is 24.8 Å². The van der Waals surface area contributed by atoms with Crippen molar-refractivity contribution in [2.75, 3.05) is 27.3 Å². The molecule has 0 aromatic heterocycles. The molecule has 0 radical (unpaired) electrons. The van der Waals surface area contributed by atoms with Gasteiger partial charge in [-0.3, -0.25) is 9.59 Å². The van der Waals surface area contributed by atoms with E-state index in [2.05, 4.69) is 10.6 Å². The van der Waals surface area contributed by atoms with Crippen LogP contribution in [0.2, 0.25) is 0 Å². The van der Waals surface area contributed by atoms with Gasteiger partial charge < -0.3 is 20.1 Å². The number of ether oxygens (including phenoxy) is 2. The van der Waals surface area contributed by atoms with Crippen LogP contribution in [0.5, 0.6) is 11.5 Å². The summed E-state index contributed by atoms with van der Waals surface area (Å²) in [5.74, 6) is 0.799. The van der Waals surface area contributed by atoms with Crippen molar-refractivity contribution in [3.05, 3.63) is 23.8 Å². The molecule has 1 aromatic rings. The van der Waals surface area contributed by atoms with Crippen LogP contribution in [0, 0.1) is 0 Å². The van der Waals surface area contributed by atoms with Gasteiger partial charge >= 0.3 is 0 Å². The zero-order valence-corrected chi connectivity index (χ0v) is 12.0. The van der Waals surface area contributed by atoms with E-state index < -0.39 is 0 Å². The number of likely N-dealkylation sites (N-methyl/N-ethyl adjacent to an activating group) is 1. The molecule has 0 saturated heterocycles. The van der Waals surface area contributed by atoms with E-state index >= 15 is 0 Å². The van der Waals surface area contributed by atoms with Crippen molar-refractivity contribution in [3.8, 4) is 11.5 Å². The summed E-state index contributed by atoms with van der Waals surface area (Å²) in [7, 11) is 3.10. The molecule has 1 aromatic carbocycles. The molecule has 20 heavy (non-hydrogen) atoms. The van der Waals surface area contributed by atoms with Crippen LogP contribution < -0.4 is 20.1 Å². The lowest BCUT2D eigenvalue weighted by Crippen LogP contribution is -2.37. The Morgan fingerprint density at radius 2 is 1.85 bits per heavy atom. The molecular formula is C14H20N2O4. The summed E-state index contributed by atoms with van der Waals surface area (Å²) in [6, 6.07) is 5.24. The number of hydrogen-bond donors (Lipinski definition) is 2. The van der Waals surface area contributed by atoms with E-state index in [1.165, 1.54) is 7.11 Å².